The average Bonchev–Trinajstić information content (AvgIpc) is 2.55. The van der Waals surface area contributed by atoms with Gasteiger partial charge in [-0.05, 0) is 36.6 Å². The lowest BCUT2D eigenvalue weighted by Crippen LogP contribution is -2.34. The smallest absolute Gasteiger partial charge is 0.323 e. The molecule has 2 aromatic carbocycles. The predicted octanol–water partition coefficient (Wildman–Crippen LogP) is 3.41. The minimum atomic E-state index is -0.595. The molecule has 0 aliphatic carbocycles. The second kappa shape index (κ2) is 8.61. The monoisotopic (exact) mass is 315 g/mol. The maximum Gasteiger partial charge on any atom is 0.323 e. The molecule has 0 aliphatic rings. The van der Waals surface area contributed by atoms with E-state index in [0.29, 0.717) is 13.0 Å². The van der Waals surface area contributed by atoms with E-state index >= 15 is 0 Å². The Morgan fingerprint density at radius 2 is 1.77 bits per heavy atom. The third kappa shape index (κ3) is 5.20. The molecule has 2 rings (SSSR count). The van der Waals surface area contributed by atoms with Crippen LogP contribution < -0.4 is 5.73 Å². The van der Waals surface area contributed by atoms with Crippen LogP contribution >= 0.6 is 11.8 Å². The average molecular weight is 315 g/mol. The Kier molecular flexibility index (Phi) is 6.49. The molecular formula is C18H21NO2S. The SMILES string of the molecule is CCOC(=O)[C@@H](N)Cc1ccc(SCc2ccccc2)cc1. The van der Waals surface area contributed by atoms with Crippen LogP contribution in [0.15, 0.2) is 59.5 Å². The fourth-order valence-corrected chi connectivity index (χ4v) is 2.90. The molecule has 0 spiro atoms. The first-order valence-corrected chi connectivity index (χ1v) is 8.35. The van der Waals surface area contributed by atoms with E-state index < -0.39 is 6.04 Å². The molecule has 1 atom stereocenters. The molecular weight excluding hydrogens is 294 g/mol. The normalized spacial score (nSPS) is 11.9. The summed E-state index contributed by atoms with van der Waals surface area (Å²) in [6, 6.07) is 18.0. The van der Waals surface area contributed by atoms with Crippen molar-refractivity contribution in [2.75, 3.05) is 6.61 Å². The van der Waals surface area contributed by atoms with Gasteiger partial charge in [0.25, 0.3) is 0 Å². The zero-order chi connectivity index (χ0) is 15.8. The minimum Gasteiger partial charge on any atom is -0.465 e. The summed E-state index contributed by atoms with van der Waals surface area (Å²) in [5, 5.41) is 0. The van der Waals surface area contributed by atoms with Crippen LogP contribution in [-0.2, 0) is 21.7 Å². The van der Waals surface area contributed by atoms with Crippen LogP contribution in [0.5, 0.6) is 0 Å². The van der Waals surface area contributed by atoms with E-state index in [-0.39, 0.29) is 5.97 Å². The second-order valence-electron chi connectivity index (χ2n) is 4.98. The number of nitrogens with two attached hydrogens (primary N) is 1. The highest BCUT2D eigenvalue weighted by Gasteiger charge is 2.14. The Balaban J connectivity index is 1.86. The third-order valence-electron chi connectivity index (χ3n) is 3.22. The van der Waals surface area contributed by atoms with E-state index in [2.05, 4.69) is 36.4 Å². The Labute approximate surface area is 135 Å². The van der Waals surface area contributed by atoms with E-state index in [9.17, 15) is 4.79 Å². The predicted molar refractivity (Wildman–Crippen MR) is 90.8 cm³/mol. The van der Waals surface area contributed by atoms with Gasteiger partial charge in [0.05, 0.1) is 6.61 Å². The number of carbonyl (C=O) groups is 1. The number of benzene rings is 2. The number of hydrogen-bond acceptors (Lipinski definition) is 4. The Bertz CT molecular complexity index is 584. The van der Waals surface area contributed by atoms with E-state index in [1.54, 1.807) is 18.7 Å². The van der Waals surface area contributed by atoms with Crippen molar-refractivity contribution in [1.29, 1.82) is 0 Å². The summed E-state index contributed by atoms with van der Waals surface area (Å²) >= 11 is 1.79. The lowest BCUT2D eigenvalue weighted by Gasteiger charge is -2.11. The van der Waals surface area contributed by atoms with Crippen LogP contribution in [0.1, 0.15) is 18.1 Å². The first-order chi connectivity index (χ1) is 10.7. The standard InChI is InChI=1S/C18H21NO2S/c1-2-21-18(20)17(19)12-14-8-10-16(11-9-14)22-13-15-6-4-3-5-7-15/h3-11,17H,2,12-13,19H2,1H3/t17-/m0/s1. The maximum absolute atomic E-state index is 11.5. The molecule has 0 heterocycles. The van der Waals surface area contributed by atoms with Crippen molar-refractivity contribution in [3.63, 3.8) is 0 Å². The van der Waals surface area contributed by atoms with Crippen molar-refractivity contribution in [3.8, 4) is 0 Å². The minimum absolute atomic E-state index is 0.343. The van der Waals surface area contributed by atoms with E-state index in [1.807, 2.05) is 18.2 Å². The second-order valence-corrected chi connectivity index (χ2v) is 6.03. The molecule has 22 heavy (non-hydrogen) atoms. The van der Waals surface area contributed by atoms with Gasteiger partial charge in [-0.2, -0.15) is 0 Å². The number of rotatable bonds is 7. The van der Waals surface area contributed by atoms with Gasteiger partial charge in [-0.3, -0.25) is 4.79 Å². The molecule has 0 unspecified atom stereocenters. The lowest BCUT2D eigenvalue weighted by atomic mass is 10.1. The number of hydrogen-bond donors (Lipinski definition) is 1. The third-order valence-corrected chi connectivity index (χ3v) is 4.30. The summed E-state index contributed by atoms with van der Waals surface area (Å²) in [4.78, 5) is 12.7. The molecule has 0 aliphatic heterocycles. The van der Waals surface area contributed by atoms with Gasteiger partial charge >= 0.3 is 5.97 Å². The van der Waals surface area contributed by atoms with E-state index in [1.165, 1.54) is 10.5 Å². The van der Waals surface area contributed by atoms with Crippen LogP contribution in [0.3, 0.4) is 0 Å². The Morgan fingerprint density at radius 3 is 2.41 bits per heavy atom. The van der Waals surface area contributed by atoms with Crippen molar-refractivity contribution in [3.05, 3.63) is 65.7 Å². The molecule has 0 radical (unpaired) electrons. The highest BCUT2D eigenvalue weighted by Crippen LogP contribution is 2.23. The summed E-state index contributed by atoms with van der Waals surface area (Å²) in [7, 11) is 0. The van der Waals surface area contributed by atoms with Crippen LogP contribution in [-0.4, -0.2) is 18.6 Å². The Hall–Kier alpha value is -1.78. The van der Waals surface area contributed by atoms with Crippen LogP contribution in [0.4, 0.5) is 0 Å². The van der Waals surface area contributed by atoms with Crippen molar-refractivity contribution < 1.29 is 9.53 Å². The fraction of sp³-hybridized carbons (Fsp3) is 0.278. The van der Waals surface area contributed by atoms with Gasteiger partial charge in [-0.15, -0.1) is 11.8 Å². The van der Waals surface area contributed by atoms with Gasteiger partial charge < -0.3 is 10.5 Å². The van der Waals surface area contributed by atoms with Crippen molar-refractivity contribution in [1.82, 2.24) is 0 Å². The summed E-state index contributed by atoms with van der Waals surface area (Å²) in [6.07, 6.45) is 0.502. The molecule has 0 saturated carbocycles. The van der Waals surface area contributed by atoms with Crippen molar-refractivity contribution in [2.45, 2.75) is 30.0 Å². The maximum atomic E-state index is 11.5. The number of thioether (sulfide) groups is 1. The molecule has 2 N–H and O–H groups in total. The Morgan fingerprint density at radius 1 is 1.09 bits per heavy atom. The largest absolute Gasteiger partial charge is 0.465 e. The topological polar surface area (TPSA) is 52.3 Å². The number of carbonyl (C=O) groups excluding carboxylic acids is 1. The molecule has 0 bridgehead atoms. The molecule has 0 amide bonds. The quantitative estimate of drug-likeness (QED) is 0.628. The van der Waals surface area contributed by atoms with E-state index in [4.69, 9.17) is 10.5 Å². The summed E-state index contributed by atoms with van der Waals surface area (Å²) in [5.41, 5.74) is 8.18. The first-order valence-electron chi connectivity index (χ1n) is 7.37. The van der Waals surface area contributed by atoms with Gasteiger partial charge in [0.1, 0.15) is 6.04 Å². The molecule has 0 aromatic heterocycles. The van der Waals surface area contributed by atoms with Crippen molar-refractivity contribution >= 4 is 17.7 Å². The molecule has 3 nitrogen and oxygen atoms in total. The van der Waals surface area contributed by atoms with Gasteiger partial charge in [0, 0.05) is 10.6 Å². The van der Waals surface area contributed by atoms with Gasteiger partial charge in [-0.25, -0.2) is 0 Å². The highest BCUT2D eigenvalue weighted by atomic mass is 32.2. The summed E-state index contributed by atoms with van der Waals surface area (Å²) in [5.74, 6) is 0.604. The first kappa shape index (κ1) is 16.6. The van der Waals surface area contributed by atoms with Gasteiger partial charge in [-0.1, -0.05) is 42.5 Å². The lowest BCUT2D eigenvalue weighted by molar-refractivity contribution is -0.144. The van der Waals surface area contributed by atoms with E-state index in [0.717, 1.165) is 11.3 Å². The molecule has 116 valence electrons. The molecule has 4 heteroatoms. The highest BCUT2D eigenvalue weighted by molar-refractivity contribution is 7.98. The summed E-state index contributed by atoms with van der Waals surface area (Å²) < 4.78 is 4.92. The fourth-order valence-electron chi connectivity index (χ4n) is 2.05. The van der Waals surface area contributed by atoms with Crippen molar-refractivity contribution in [2.24, 2.45) is 5.73 Å². The van der Waals surface area contributed by atoms with Gasteiger partial charge in [0.15, 0.2) is 0 Å². The van der Waals surface area contributed by atoms with Crippen LogP contribution in [0, 0.1) is 0 Å². The zero-order valence-electron chi connectivity index (χ0n) is 12.7. The molecule has 0 fully saturated rings. The zero-order valence-corrected chi connectivity index (χ0v) is 13.5. The van der Waals surface area contributed by atoms with Gasteiger partial charge in [0.2, 0.25) is 0 Å². The summed E-state index contributed by atoms with van der Waals surface area (Å²) in [6.45, 7) is 2.14. The molecule has 2 aromatic rings. The number of ether oxygens (including phenoxy) is 1. The van der Waals surface area contributed by atoms with Crippen LogP contribution in [0.2, 0.25) is 0 Å². The molecule has 0 saturated heterocycles. The number of esters is 1. The van der Waals surface area contributed by atoms with Crippen LogP contribution in [0.25, 0.3) is 0 Å².